The number of Topliss-reactive ketones (excluding diaryl/α,β-unsaturated/α-hetero) is 1. The van der Waals surface area contributed by atoms with Crippen molar-refractivity contribution in [1.29, 1.82) is 5.26 Å². The van der Waals surface area contributed by atoms with Crippen LogP contribution in [0.3, 0.4) is 0 Å². The van der Waals surface area contributed by atoms with Gasteiger partial charge in [-0.25, -0.2) is 0 Å². The molecule has 1 aliphatic carbocycles. The SMILES string of the molecule is N#Cc1cnc2c(c1)C(=O)CC2. The lowest BCUT2D eigenvalue weighted by molar-refractivity contribution is 0.0994. The lowest BCUT2D eigenvalue weighted by atomic mass is 10.1. The topological polar surface area (TPSA) is 53.8 Å². The number of hydrogen-bond acceptors (Lipinski definition) is 3. The van der Waals surface area contributed by atoms with Gasteiger partial charge in [0, 0.05) is 18.2 Å². The molecule has 1 heterocycles. The second kappa shape index (κ2) is 2.42. The Balaban J connectivity index is 2.59. The Bertz CT molecular complexity index is 390. The quantitative estimate of drug-likeness (QED) is 0.567. The zero-order valence-corrected chi connectivity index (χ0v) is 6.37. The first-order valence-corrected chi connectivity index (χ1v) is 3.73. The van der Waals surface area contributed by atoms with Crippen molar-refractivity contribution in [3.63, 3.8) is 0 Å². The summed E-state index contributed by atoms with van der Waals surface area (Å²) in [6, 6.07) is 3.59. The van der Waals surface area contributed by atoms with Gasteiger partial charge in [0.25, 0.3) is 0 Å². The average molecular weight is 158 g/mol. The number of pyridine rings is 1. The maximum atomic E-state index is 11.2. The molecule has 0 bridgehead atoms. The summed E-state index contributed by atoms with van der Waals surface area (Å²) in [4.78, 5) is 15.2. The number of hydrogen-bond donors (Lipinski definition) is 0. The van der Waals surface area contributed by atoms with E-state index in [0.717, 1.165) is 12.1 Å². The number of nitrogens with zero attached hydrogens (tertiary/aromatic N) is 2. The third-order valence-corrected chi connectivity index (χ3v) is 1.99. The van der Waals surface area contributed by atoms with Crippen molar-refractivity contribution in [2.24, 2.45) is 0 Å². The average Bonchev–Trinajstić information content (AvgIpc) is 2.47. The number of carbonyl (C=O) groups excluding carboxylic acids is 1. The molecule has 3 heteroatoms. The number of rotatable bonds is 0. The molecule has 0 fully saturated rings. The lowest BCUT2D eigenvalue weighted by Crippen LogP contribution is -1.93. The summed E-state index contributed by atoms with van der Waals surface area (Å²) in [5.74, 6) is 0.106. The molecule has 0 amide bonds. The van der Waals surface area contributed by atoms with E-state index in [-0.39, 0.29) is 5.78 Å². The molecule has 1 aromatic heterocycles. The molecule has 0 atom stereocenters. The number of carbonyl (C=O) groups is 1. The Hall–Kier alpha value is -1.69. The van der Waals surface area contributed by atoms with E-state index in [0.29, 0.717) is 17.5 Å². The Kier molecular flexibility index (Phi) is 1.41. The van der Waals surface area contributed by atoms with E-state index in [2.05, 4.69) is 4.98 Å². The van der Waals surface area contributed by atoms with Crippen molar-refractivity contribution in [3.05, 3.63) is 29.1 Å². The lowest BCUT2D eigenvalue weighted by Gasteiger charge is -1.94. The molecule has 0 aromatic carbocycles. The van der Waals surface area contributed by atoms with Gasteiger partial charge in [-0.3, -0.25) is 9.78 Å². The van der Waals surface area contributed by atoms with Crippen molar-refractivity contribution in [2.45, 2.75) is 12.8 Å². The summed E-state index contributed by atoms with van der Waals surface area (Å²) in [7, 11) is 0. The van der Waals surface area contributed by atoms with E-state index in [4.69, 9.17) is 5.26 Å². The first-order chi connectivity index (χ1) is 5.81. The minimum absolute atomic E-state index is 0.106. The van der Waals surface area contributed by atoms with Gasteiger partial charge in [-0.1, -0.05) is 0 Å². The summed E-state index contributed by atoms with van der Waals surface area (Å²) in [5, 5.41) is 8.55. The number of aryl methyl sites for hydroxylation is 1. The van der Waals surface area contributed by atoms with E-state index < -0.39 is 0 Å². The van der Waals surface area contributed by atoms with Crippen molar-refractivity contribution < 1.29 is 4.79 Å². The monoisotopic (exact) mass is 158 g/mol. The molecule has 0 spiro atoms. The van der Waals surface area contributed by atoms with E-state index >= 15 is 0 Å². The van der Waals surface area contributed by atoms with Crippen LogP contribution in [0, 0.1) is 11.3 Å². The van der Waals surface area contributed by atoms with E-state index in [1.807, 2.05) is 6.07 Å². The minimum Gasteiger partial charge on any atom is -0.294 e. The van der Waals surface area contributed by atoms with Crippen LogP contribution < -0.4 is 0 Å². The van der Waals surface area contributed by atoms with Crippen molar-refractivity contribution in [2.75, 3.05) is 0 Å². The Labute approximate surface area is 69.7 Å². The summed E-state index contributed by atoms with van der Waals surface area (Å²) < 4.78 is 0. The zero-order valence-electron chi connectivity index (χ0n) is 6.37. The maximum absolute atomic E-state index is 11.2. The predicted octanol–water partition coefficient (Wildman–Crippen LogP) is 1.08. The predicted molar refractivity (Wildman–Crippen MR) is 41.6 cm³/mol. The highest BCUT2D eigenvalue weighted by Gasteiger charge is 2.20. The van der Waals surface area contributed by atoms with Gasteiger partial charge in [-0.05, 0) is 12.5 Å². The number of nitriles is 1. The molecule has 1 aromatic rings. The first-order valence-electron chi connectivity index (χ1n) is 3.73. The van der Waals surface area contributed by atoms with Gasteiger partial charge in [-0.15, -0.1) is 0 Å². The summed E-state index contributed by atoms with van der Waals surface area (Å²) in [6.45, 7) is 0. The second-order valence-electron chi connectivity index (χ2n) is 2.75. The number of ketones is 1. The van der Waals surface area contributed by atoms with Gasteiger partial charge in [-0.2, -0.15) is 5.26 Å². The second-order valence-corrected chi connectivity index (χ2v) is 2.75. The molecule has 12 heavy (non-hydrogen) atoms. The molecule has 0 saturated heterocycles. The Morgan fingerprint density at radius 3 is 3.08 bits per heavy atom. The molecule has 0 saturated carbocycles. The third kappa shape index (κ3) is 0.892. The van der Waals surface area contributed by atoms with Gasteiger partial charge >= 0.3 is 0 Å². The number of aromatic nitrogens is 1. The fourth-order valence-electron chi connectivity index (χ4n) is 1.36. The van der Waals surface area contributed by atoms with E-state index in [1.165, 1.54) is 6.20 Å². The van der Waals surface area contributed by atoms with Crippen LogP contribution >= 0.6 is 0 Å². The molecule has 3 nitrogen and oxygen atoms in total. The molecule has 2 rings (SSSR count). The van der Waals surface area contributed by atoms with Crippen LogP contribution in [0.2, 0.25) is 0 Å². The third-order valence-electron chi connectivity index (χ3n) is 1.99. The standard InChI is InChI=1S/C9H6N2O/c10-4-6-3-7-8(11-5-6)1-2-9(7)12/h3,5H,1-2H2. The van der Waals surface area contributed by atoms with Crippen molar-refractivity contribution in [3.8, 4) is 6.07 Å². The van der Waals surface area contributed by atoms with Crippen LogP contribution in [-0.2, 0) is 6.42 Å². The first kappa shape index (κ1) is 6.99. The maximum Gasteiger partial charge on any atom is 0.165 e. The summed E-state index contributed by atoms with van der Waals surface area (Å²) >= 11 is 0. The van der Waals surface area contributed by atoms with Crippen LogP contribution in [-0.4, -0.2) is 10.8 Å². The normalized spacial score (nSPS) is 14.1. The van der Waals surface area contributed by atoms with Crippen molar-refractivity contribution in [1.82, 2.24) is 4.98 Å². The Morgan fingerprint density at radius 2 is 2.33 bits per heavy atom. The van der Waals surface area contributed by atoms with Crippen LogP contribution in [0.1, 0.15) is 28.0 Å². The molecule has 58 valence electrons. The molecular formula is C9H6N2O. The summed E-state index contributed by atoms with van der Waals surface area (Å²) in [6.07, 6.45) is 2.77. The van der Waals surface area contributed by atoms with Crippen LogP contribution in [0.4, 0.5) is 0 Å². The van der Waals surface area contributed by atoms with Gasteiger partial charge in [0.15, 0.2) is 5.78 Å². The van der Waals surface area contributed by atoms with Gasteiger partial charge < -0.3 is 0 Å². The van der Waals surface area contributed by atoms with E-state index in [1.54, 1.807) is 6.07 Å². The fraction of sp³-hybridized carbons (Fsp3) is 0.222. The highest BCUT2D eigenvalue weighted by molar-refractivity contribution is 6.00. The van der Waals surface area contributed by atoms with Gasteiger partial charge in [0.05, 0.1) is 11.3 Å². The molecular weight excluding hydrogens is 152 g/mol. The van der Waals surface area contributed by atoms with Gasteiger partial charge in [0.2, 0.25) is 0 Å². The Morgan fingerprint density at radius 1 is 1.50 bits per heavy atom. The highest BCUT2D eigenvalue weighted by Crippen LogP contribution is 2.19. The molecule has 1 aliphatic rings. The smallest absolute Gasteiger partial charge is 0.165 e. The molecule has 0 aliphatic heterocycles. The molecule has 0 radical (unpaired) electrons. The molecule has 0 unspecified atom stereocenters. The van der Waals surface area contributed by atoms with E-state index in [9.17, 15) is 4.79 Å². The fourth-order valence-corrected chi connectivity index (χ4v) is 1.36. The number of fused-ring (bicyclic) bond motifs is 1. The van der Waals surface area contributed by atoms with Crippen molar-refractivity contribution >= 4 is 5.78 Å². The van der Waals surface area contributed by atoms with Crippen LogP contribution in [0.15, 0.2) is 12.3 Å². The summed E-state index contributed by atoms with van der Waals surface area (Å²) in [5.41, 5.74) is 1.93. The van der Waals surface area contributed by atoms with Gasteiger partial charge in [0.1, 0.15) is 6.07 Å². The molecule has 0 N–H and O–H groups in total. The highest BCUT2D eigenvalue weighted by atomic mass is 16.1. The van der Waals surface area contributed by atoms with Crippen LogP contribution in [0.5, 0.6) is 0 Å². The zero-order chi connectivity index (χ0) is 8.55. The largest absolute Gasteiger partial charge is 0.294 e. The minimum atomic E-state index is 0.106. The van der Waals surface area contributed by atoms with Crippen LogP contribution in [0.25, 0.3) is 0 Å².